The molecule has 7 nitrogen and oxygen atoms in total. The molecule has 3 N–H and O–H groups in total. The van der Waals surface area contributed by atoms with Crippen molar-refractivity contribution in [3.8, 4) is 0 Å². The highest BCUT2D eigenvalue weighted by Gasteiger charge is 2.22. The lowest BCUT2D eigenvalue weighted by Crippen LogP contribution is -2.49. The lowest BCUT2D eigenvalue weighted by atomic mass is 10.1. The van der Waals surface area contributed by atoms with E-state index in [2.05, 4.69) is 37.0 Å². The number of rotatable bonds is 20. The number of nitrogens with one attached hydrogen (secondary N) is 3. The molecule has 0 aliphatic rings. The quantitative estimate of drug-likeness (QED) is 0.178. The Morgan fingerprint density at radius 3 is 1.68 bits per heavy atom. The number of carbonyl (C=O) groups is 3. The molecule has 1 unspecified atom stereocenters. The van der Waals surface area contributed by atoms with Crippen LogP contribution in [-0.4, -0.2) is 67.5 Å². The molecular formula is C27H55N4O3+. The summed E-state index contributed by atoms with van der Waals surface area (Å²) in [5.41, 5.74) is 0. The van der Waals surface area contributed by atoms with Crippen LogP contribution in [0.15, 0.2) is 0 Å². The molecule has 0 saturated heterocycles. The third-order valence-electron chi connectivity index (χ3n) is 5.94. The smallest absolute Gasteiger partial charge is 0.242 e. The highest BCUT2D eigenvalue weighted by molar-refractivity contribution is 5.88. The molecule has 0 aromatic rings. The van der Waals surface area contributed by atoms with Crippen molar-refractivity contribution < 1.29 is 18.9 Å². The summed E-state index contributed by atoms with van der Waals surface area (Å²) in [4.78, 5) is 36.8. The average Bonchev–Trinajstić information content (AvgIpc) is 2.71. The Kier molecular flexibility index (Phi) is 17.8. The molecule has 0 spiro atoms. The van der Waals surface area contributed by atoms with Crippen LogP contribution in [0.2, 0.25) is 0 Å². The van der Waals surface area contributed by atoms with Crippen LogP contribution in [0.1, 0.15) is 112 Å². The van der Waals surface area contributed by atoms with Crippen LogP contribution in [0, 0.1) is 0 Å². The van der Waals surface area contributed by atoms with Gasteiger partial charge in [0.15, 0.2) is 0 Å². The molecule has 0 saturated carbocycles. The highest BCUT2D eigenvalue weighted by Crippen LogP contribution is 2.12. The number of quaternary nitrogens is 1. The Bertz CT molecular complexity index is 576. The van der Waals surface area contributed by atoms with Gasteiger partial charge in [-0.15, -0.1) is 0 Å². The monoisotopic (exact) mass is 483 g/mol. The van der Waals surface area contributed by atoms with E-state index >= 15 is 0 Å². The maximum atomic E-state index is 12.5. The van der Waals surface area contributed by atoms with Crippen LogP contribution >= 0.6 is 0 Å². The molecule has 0 aromatic carbocycles. The van der Waals surface area contributed by atoms with Crippen molar-refractivity contribution in [2.24, 2.45) is 0 Å². The number of unbranched alkanes of at least 4 members (excludes halogenated alkanes) is 7. The van der Waals surface area contributed by atoms with E-state index in [0.717, 1.165) is 23.7 Å². The molecule has 1 atom stereocenters. The SMILES string of the molecule is CCC[N+](C)(C)CCCCCCCCCCC(=O)NC(CCC(=O)NC(C)C)C(=O)NC(C)C. The van der Waals surface area contributed by atoms with E-state index < -0.39 is 6.04 Å². The summed E-state index contributed by atoms with van der Waals surface area (Å²) in [6.07, 6.45) is 11.6. The minimum Gasteiger partial charge on any atom is -0.354 e. The van der Waals surface area contributed by atoms with Gasteiger partial charge in [-0.05, 0) is 59.8 Å². The van der Waals surface area contributed by atoms with E-state index in [4.69, 9.17) is 0 Å². The number of carbonyl (C=O) groups excluding carboxylic acids is 3. The first-order valence-corrected chi connectivity index (χ1v) is 13.7. The Balaban J connectivity index is 4.09. The Hall–Kier alpha value is -1.63. The standard InChI is InChI=1S/C27H54N4O3/c1-8-20-31(6,7)21-16-14-12-10-9-11-13-15-17-25(32)30-24(27(34)29-23(4)5)18-19-26(33)28-22(2)3/h22-24H,8-21H2,1-7H3,(H2-,28,29,30,32,33,34)/p+1. The molecular weight excluding hydrogens is 428 g/mol. The topological polar surface area (TPSA) is 87.3 Å². The molecule has 0 fully saturated rings. The predicted octanol–water partition coefficient (Wildman–Crippen LogP) is 4.30. The summed E-state index contributed by atoms with van der Waals surface area (Å²) in [5.74, 6) is -0.436. The molecule has 0 radical (unpaired) electrons. The number of nitrogens with zero attached hydrogens (tertiary/aromatic N) is 1. The van der Waals surface area contributed by atoms with Gasteiger partial charge in [0, 0.05) is 24.9 Å². The second kappa shape index (κ2) is 18.7. The van der Waals surface area contributed by atoms with Gasteiger partial charge in [0.2, 0.25) is 17.7 Å². The van der Waals surface area contributed by atoms with Crippen LogP contribution < -0.4 is 16.0 Å². The molecule has 0 heterocycles. The fraction of sp³-hybridized carbons (Fsp3) is 0.889. The van der Waals surface area contributed by atoms with Crippen molar-refractivity contribution in [3.63, 3.8) is 0 Å². The second-order valence-corrected chi connectivity index (χ2v) is 11.0. The van der Waals surface area contributed by atoms with E-state index in [-0.39, 0.29) is 36.2 Å². The molecule has 0 aliphatic carbocycles. The van der Waals surface area contributed by atoms with Gasteiger partial charge in [-0.3, -0.25) is 14.4 Å². The van der Waals surface area contributed by atoms with E-state index in [9.17, 15) is 14.4 Å². The summed E-state index contributed by atoms with van der Waals surface area (Å²) in [7, 11) is 4.64. The van der Waals surface area contributed by atoms with E-state index in [1.54, 1.807) is 0 Å². The van der Waals surface area contributed by atoms with Crippen molar-refractivity contribution in [2.75, 3.05) is 27.2 Å². The number of hydrogen-bond donors (Lipinski definition) is 3. The van der Waals surface area contributed by atoms with Gasteiger partial charge in [0.25, 0.3) is 0 Å². The van der Waals surface area contributed by atoms with Gasteiger partial charge < -0.3 is 20.4 Å². The van der Waals surface area contributed by atoms with Gasteiger partial charge >= 0.3 is 0 Å². The zero-order valence-corrected chi connectivity index (χ0v) is 23.3. The molecule has 34 heavy (non-hydrogen) atoms. The first kappa shape index (κ1) is 32.4. The summed E-state index contributed by atoms with van der Waals surface area (Å²) in [6.45, 7) is 12.3. The van der Waals surface area contributed by atoms with Gasteiger partial charge in [-0.1, -0.05) is 39.0 Å². The van der Waals surface area contributed by atoms with Crippen molar-refractivity contribution in [1.29, 1.82) is 0 Å². The largest absolute Gasteiger partial charge is 0.354 e. The Morgan fingerprint density at radius 1 is 0.647 bits per heavy atom. The third kappa shape index (κ3) is 18.8. The van der Waals surface area contributed by atoms with Crippen LogP contribution in [0.4, 0.5) is 0 Å². The van der Waals surface area contributed by atoms with Crippen molar-refractivity contribution in [3.05, 3.63) is 0 Å². The van der Waals surface area contributed by atoms with E-state index in [1.807, 2.05) is 27.7 Å². The molecule has 0 aliphatic heterocycles. The highest BCUT2D eigenvalue weighted by atomic mass is 16.2. The minimum atomic E-state index is -0.672. The maximum absolute atomic E-state index is 12.5. The third-order valence-corrected chi connectivity index (χ3v) is 5.94. The van der Waals surface area contributed by atoms with Crippen LogP contribution in [0.25, 0.3) is 0 Å². The van der Waals surface area contributed by atoms with Crippen molar-refractivity contribution in [1.82, 2.24) is 16.0 Å². The van der Waals surface area contributed by atoms with Gasteiger partial charge in [-0.25, -0.2) is 0 Å². The molecule has 0 rings (SSSR count). The van der Waals surface area contributed by atoms with E-state index in [1.165, 1.54) is 51.6 Å². The lowest BCUT2D eigenvalue weighted by Gasteiger charge is -2.29. The second-order valence-electron chi connectivity index (χ2n) is 11.0. The van der Waals surface area contributed by atoms with Crippen LogP contribution in [0.3, 0.4) is 0 Å². The molecule has 7 heteroatoms. The Labute approximate surface area is 209 Å². The number of amides is 3. The lowest BCUT2D eigenvalue weighted by molar-refractivity contribution is -0.890. The zero-order valence-electron chi connectivity index (χ0n) is 23.3. The van der Waals surface area contributed by atoms with Crippen molar-refractivity contribution >= 4 is 17.7 Å². The summed E-state index contributed by atoms with van der Waals surface area (Å²) in [6, 6.07) is -0.630. The Morgan fingerprint density at radius 2 is 1.15 bits per heavy atom. The van der Waals surface area contributed by atoms with Crippen molar-refractivity contribution in [2.45, 2.75) is 130 Å². The first-order chi connectivity index (χ1) is 16.0. The first-order valence-electron chi connectivity index (χ1n) is 13.7. The normalized spacial score (nSPS) is 12.6. The summed E-state index contributed by atoms with van der Waals surface area (Å²) < 4.78 is 1.13. The summed E-state index contributed by atoms with van der Waals surface area (Å²) in [5, 5.41) is 8.52. The molecule has 3 amide bonds. The predicted molar refractivity (Wildman–Crippen MR) is 141 cm³/mol. The molecule has 200 valence electrons. The maximum Gasteiger partial charge on any atom is 0.242 e. The molecule has 0 bridgehead atoms. The van der Waals surface area contributed by atoms with Gasteiger partial charge in [0.1, 0.15) is 6.04 Å². The van der Waals surface area contributed by atoms with E-state index in [0.29, 0.717) is 12.8 Å². The zero-order chi connectivity index (χ0) is 26.0. The summed E-state index contributed by atoms with van der Waals surface area (Å²) >= 11 is 0. The van der Waals surface area contributed by atoms with Gasteiger partial charge in [-0.2, -0.15) is 0 Å². The minimum absolute atomic E-state index is 0.0155. The van der Waals surface area contributed by atoms with Crippen LogP contribution in [0.5, 0.6) is 0 Å². The fourth-order valence-corrected chi connectivity index (χ4v) is 4.19. The van der Waals surface area contributed by atoms with Crippen LogP contribution in [-0.2, 0) is 14.4 Å². The number of hydrogen-bond acceptors (Lipinski definition) is 3. The molecule has 0 aromatic heterocycles. The average molecular weight is 484 g/mol. The van der Waals surface area contributed by atoms with Gasteiger partial charge in [0.05, 0.1) is 27.2 Å². The fourth-order valence-electron chi connectivity index (χ4n) is 4.19.